The first-order valence-electron chi connectivity index (χ1n) is 5.45. The highest BCUT2D eigenvalue weighted by Crippen LogP contribution is 2.14. The van der Waals surface area contributed by atoms with E-state index in [1.54, 1.807) is 6.20 Å². The van der Waals surface area contributed by atoms with E-state index in [-0.39, 0.29) is 6.04 Å². The lowest BCUT2D eigenvalue weighted by atomic mass is 10.1. The van der Waals surface area contributed by atoms with E-state index in [0.29, 0.717) is 0 Å². The molecule has 16 heavy (non-hydrogen) atoms. The van der Waals surface area contributed by atoms with Crippen molar-refractivity contribution < 1.29 is 0 Å². The molecule has 0 spiro atoms. The van der Waals surface area contributed by atoms with E-state index in [9.17, 15) is 0 Å². The first-order valence-corrected chi connectivity index (χ1v) is 5.45. The van der Waals surface area contributed by atoms with Crippen molar-refractivity contribution in [1.82, 2.24) is 19.6 Å². The predicted octanol–water partition coefficient (Wildman–Crippen LogP) is 0.879. The molecule has 86 valence electrons. The van der Waals surface area contributed by atoms with Gasteiger partial charge in [-0.3, -0.25) is 9.36 Å². The maximum atomic E-state index is 6.13. The number of hydrogen-bond donors (Lipinski definition) is 1. The van der Waals surface area contributed by atoms with Crippen molar-refractivity contribution in [3.05, 3.63) is 35.9 Å². The molecule has 0 amide bonds. The molecular weight excluding hydrogens is 202 g/mol. The van der Waals surface area contributed by atoms with E-state index in [1.165, 1.54) is 0 Å². The van der Waals surface area contributed by atoms with E-state index >= 15 is 0 Å². The highest BCUT2D eigenvalue weighted by molar-refractivity contribution is 5.13. The molecule has 0 fully saturated rings. The van der Waals surface area contributed by atoms with Gasteiger partial charge < -0.3 is 5.73 Å². The first kappa shape index (κ1) is 10.9. The second kappa shape index (κ2) is 4.49. The van der Waals surface area contributed by atoms with E-state index in [4.69, 9.17) is 5.73 Å². The molecule has 0 aromatic carbocycles. The standard InChI is InChI=1S/C11H17N5/c1-3-16-8-9(7-14-16)6-10(12)11-4-5-13-15(11)2/h4-5,7-8,10H,3,6,12H2,1-2H3. The minimum atomic E-state index is -0.0259. The molecule has 2 aromatic rings. The maximum Gasteiger partial charge on any atom is 0.0551 e. The number of hydrogen-bond acceptors (Lipinski definition) is 3. The van der Waals surface area contributed by atoms with Crippen LogP contribution in [-0.4, -0.2) is 19.6 Å². The molecule has 0 radical (unpaired) electrons. The van der Waals surface area contributed by atoms with Gasteiger partial charge in [-0.25, -0.2) is 0 Å². The average Bonchev–Trinajstić information content (AvgIpc) is 2.86. The summed E-state index contributed by atoms with van der Waals surface area (Å²) in [7, 11) is 1.91. The van der Waals surface area contributed by atoms with Gasteiger partial charge in [-0.05, 0) is 25.0 Å². The Labute approximate surface area is 94.9 Å². The van der Waals surface area contributed by atoms with Crippen LogP contribution in [0.1, 0.15) is 24.2 Å². The Morgan fingerprint density at radius 3 is 2.81 bits per heavy atom. The average molecular weight is 219 g/mol. The van der Waals surface area contributed by atoms with Crippen molar-refractivity contribution in [2.75, 3.05) is 0 Å². The minimum Gasteiger partial charge on any atom is -0.322 e. The summed E-state index contributed by atoms with van der Waals surface area (Å²) in [5.74, 6) is 0. The number of nitrogens with zero attached hydrogens (tertiary/aromatic N) is 4. The Bertz CT molecular complexity index is 456. The van der Waals surface area contributed by atoms with Crippen molar-refractivity contribution in [1.29, 1.82) is 0 Å². The third-order valence-corrected chi connectivity index (χ3v) is 2.71. The zero-order chi connectivity index (χ0) is 11.5. The van der Waals surface area contributed by atoms with Gasteiger partial charge >= 0.3 is 0 Å². The predicted molar refractivity (Wildman–Crippen MR) is 61.7 cm³/mol. The second-order valence-corrected chi connectivity index (χ2v) is 3.89. The van der Waals surface area contributed by atoms with Crippen LogP contribution in [0.15, 0.2) is 24.7 Å². The number of nitrogens with two attached hydrogens (primary N) is 1. The summed E-state index contributed by atoms with van der Waals surface area (Å²) in [5, 5.41) is 8.35. The third-order valence-electron chi connectivity index (χ3n) is 2.71. The highest BCUT2D eigenvalue weighted by Gasteiger charge is 2.11. The maximum absolute atomic E-state index is 6.13. The van der Waals surface area contributed by atoms with Gasteiger partial charge in [0.05, 0.1) is 17.9 Å². The van der Waals surface area contributed by atoms with Crippen LogP contribution in [0.5, 0.6) is 0 Å². The van der Waals surface area contributed by atoms with Gasteiger partial charge in [0.15, 0.2) is 0 Å². The largest absolute Gasteiger partial charge is 0.322 e. The fourth-order valence-electron chi connectivity index (χ4n) is 1.79. The SMILES string of the molecule is CCn1cc(CC(N)c2ccnn2C)cn1. The van der Waals surface area contributed by atoms with Crippen LogP contribution >= 0.6 is 0 Å². The van der Waals surface area contributed by atoms with Crippen LogP contribution < -0.4 is 5.73 Å². The van der Waals surface area contributed by atoms with Gasteiger partial charge in [-0.15, -0.1) is 0 Å². The molecule has 2 rings (SSSR count). The molecule has 0 aliphatic rings. The summed E-state index contributed by atoms with van der Waals surface area (Å²) in [4.78, 5) is 0. The Hall–Kier alpha value is -1.62. The molecule has 0 saturated heterocycles. The Morgan fingerprint density at radius 2 is 2.25 bits per heavy atom. The summed E-state index contributed by atoms with van der Waals surface area (Å²) < 4.78 is 3.72. The molecule has 0 aliphatic carbocycles. The van der Waals surface area contributed by atoms with Gasteiger partial charge in [0.25, 0.3) is 0 Å². The van der Waals surface area contributed by atoms with Crippen molar-refractivity contribution in [3.8, 4) is 0 Å². The van der Waals surface area contributed by atoms with E-state index < -0.39 is 0 Å². The van der Waals surface area contributed by atoms with E-state index in [1.807, 2.05) is 34.9 Å². The lowest BCUT2D eigenvalue weighted by molar-refractivity contribution is 0.615. The van der Waals surface area contributed by atoms with Crippen LogP contribution in [0.2, 0.25) is 0 Å². The van der Waals surface area contributed by atoms with Gasteiger partial charge in [0.1, 0.15) is 0 Å². The van der Waals surface area contributed by atoms with E-state index in [0.717, 1.165) is 24.2 Å². The highest BCUT2D eigenvalue weighted by atomic mass is 15.3. The molecular formula is C11H17N5. The summed E-state index contributed by atoms with van der Waals surface area (Å²) in [6.07, 6.45) is 6.47. The van der Waals surface area contributed by atoms with Crippen molar-refractivity contribution in [2.24, 2.45) is 12.8 Å². The van der Waals surface area contributed by atoms with Crippen LogP contribution in [0, 0.1) is 0 Å². The van der Waals surface area contributed by atoms with Crippen molar-refractivity contribution in [3.63, 3.8) is 0 Å². The molecule has 0 bridgehead atoms. The summed E-state index contributed by atoms with van der Waals surface area (Å²) >= 11 is 0. The van der Waals surface area contributed by atoms with Crippen molar-refractivity contribution >= 4 is 0 Å². The Morgan fingerprint density at radius 1 is 1.44 bits per heavy atom. The van der Waals surface area contributed by atoms with Crippen LogP contribution in [0.3, 0.4) is 0 Å². The molecule has 2 N–H and O–H groups in total. The normalized spacial score (nSPS) is 12.9. The number of aromatic nitrogens is 4. The molecule has 2 heterocycles. The third kappa shape index (κ3) is 2.14. The van der Waals surface area contributed by atoms with E-state index in [2.05, 4.69) is 17.1 Å². The molecule has 5 nitrogen and oxygen atoms in total. The van der Waals surface area contributed by atoms with Gasteiger partial charge in [0, 0.05) is 26.0 Å². The summed E-state index contributed by atoms with van der Waals surface area (Å²) in [6.45, 7) is 2.96. The molecule has 0 saturated carbocycles. The number of rotatable bonds is 4. The zero-order valence-corrected chi connectivity index (χ0v) is 9.67. The molecule has 5 heteroatoms. The monoisotopic (exact) mass is 219 g/mol. The van der Waals surface area contributed by atoms with Crippen LogP contribution in [-0.2, 0) is 20.0 Å². The second-order valence-electron chi connectivity index (χ2n) is 3.89. The lowest BCUT2D eigenvalue weighted by Crippen LogP contribution is -2.16. The summed E-state index contributed by atoms with van der Waals surface area (Å²) in [6, 6.07) is 1.93. The van der Waals surface area contributed by atoms with Gasteiger partial charge in [-0.2, -0.15) is 10.2 Å². The zero-order valence-electron chi connectivity index (χ0n) is 9.67. The minimum absolute atomic E-state index is 0.0259. The quantitative estimate of drug-likeness (QED) is 0.830. The van der Waals surface area contributed by atoms with Crippen LogP contribution in [0.25, 0.3) is 0 Å². The molecule has 1 atom stereocenters. The van der Waals surface area contributed by atoms with Gasteiger partial charge in [-0.1, -0.05) is 0 Å². The summed E-state index contributed by atoms with van der Waals surface area (Å²) in [5.41, 5.74) is 8.33. The lowest BCUT2D eigenvalue weighted by Gasteiger charge is -2.10. The van der Waals surface area contributed by atoms with Crippen LogP contribution in [0.4, 0.5) is 0 Å². The fraction of sp³-hybridized carbons (Fsp3) is 0.455. The first-order chi connectivity index (χ1) is 7.70. The molecule has 2 aromatic heterocycles. The van der Waals surface area contributed by atoms with Crippen molar-refractivity contribution in [2.45, 2.75) is 25.9 Å². The smallest absolute Gasteiger partial charge is 0.0551 e. The van der Waals surface area contributed by atoms with Gasteiger partial charge in [0.2, 0.25) is 0 Å². The number of aryl methyl sites for hydroxylation is 2. The topological polar surface area (TPSA) is 61.7 Å². The Balaban J connectivity index is 2.07. The molecule has 0 aliphatic heterocycles. The Kier molecular flexibility index (Phi) is 3.05. The molecule has 1 unspecified atom stereocenters. The fourth-order valence-corrected chi connectivity index (χ4v) is 1.79.